The Bertz CT molecular complexity index is 1340. The second kappa shape index (κ2) is 9.92. The van der Waals surface area contributed by atoms with E-state index in [4.69, 9.17) is 10.4 Å². The zero-order valence-electron chi connectivity index (χ0n) is 17.9. The molecule has 0 bridgehead atoms. The fourth-order valence-electron chi connectivity index (χ4n) is 3.84. The number of fused-ring (bicyclic) bond motifs is 1. The predicted molar refractivity (Wildman–Crippen MR) is 124 cm³/mol. The van der Waals surface area contributed by atoms with Gasteiger partial charge in [0.25, 0.3) is 0 Å². The van der Waals surface area contributed by atoms with Gasteiger partial charge in [-0.05, 0) is 49.2 Å². The largest absolute Gasteiger partial charge is 0.481 e. The third-order valence-electron chi connectivity index (χ3n) is 5.68. The molecule has 1 aromatic carbocycles. The first kappa shape index (κ1) is 22.0. The Kier molecular flexibility index (Phi) is 6.60. The number of benzene rings is 1. The number of rotatable bonds is 3. The molecular weight excluding hydrogens is 418 g/mol. The van der Waals surface area contributed by atoms with E-state index in [1.807, 2.05) is 18.2 Å². The Balaban J connectivity index is 0.000000243. The molecule has 3 aromatic heterocycles. The number of nitriles is 1. The fraction of sp³-hybridized carbons (Fsp3) is 0.240. The van der Waals surface area contributed by atoms with Gasteiger partial charge in [-0.3, -0.25) is 14.6 Å². The number of carboxylic acid groups (broad SMARTS) is 1. The Morgan fingerprint density at radius 3 is 2.45 bits per heavy atom. The van der Waals surface area contributed by atoms with Crippen LogP contribution in [0.3, 0.4) is 0 Å². The van der Waals surface area contributed by atoms with Gasteiger partial charge >= 0.3 is 5.97 Å². The SMILES string of the molecule is N#Cc1ccc2nc(-c3ccc(-c4ccc(=O)[nH]c4)nc3)[nH]c2c1.O=C(O)C1CCCCC1. The van der Waals surface area contributed by atoms with Crippen LogP contribution in [0.1, 0.15) is 37.7 Å². The first-order chi connectivity index (χ1) is 16.0. The third-order valence-corrected chi connectivity index (χ3v) is 5.68. The highest BCUT2D eigenvalue weighted by atomic mass is 16.4. The summed E-state index contributed by atoms with van der Waals surface area (Å²) in [7, 11) is 0. The van der Waals surface area contributed by atoms with E-state index in [0.717, 1.165) is 53.5 Å². The Labute approximate surface area is 190 Å². The Morgan fingerprint density at radius 2 is 1.85 bits per heavy atom. The van der Waals surface area contributed by atoms with Crippen LogP contribution in [0.2, 0.25) is 0 Å². The molecule has 0 saturated heterocycles. The number of carboxylic acids is 1. The molecule has 8 heteroatoms. The summed E-state index contributed by atoms with van der Waals surface area (Å²) in [5.41, 5.74) is 4.50. The van der Waals surface area contributed by atoms with Crippen molar-refractivity contribution in [2.24, 2.45) is 5.92 Å². The summed E-state index contributed by atoms with van der Waals surface area (Å²) < 4.78 is 0. The molecule has 0 amide bonds. The number of carbonyl (C=O) groups is 1. The van der Waals surface area contributed by atoms with Crippen LogP contribution in [0.4, 0.5) is 0 Å². The van der Waals surface area contributed by atoms with E-state index < -0.39 is 5.97 Å². The first-order valence-corrected chi connectivity index (χ1v) is 10.8. The van der Waals surface area contributed by atoms with Crippen LogP contribution in [0, 0.1) is 17.2 Å². The summed E-state index contributed by atoms with van der Waals surface area (Å²) in [4.78, 5) is 36.2. The van der Waals surface area contributed by atoms with Crippen molar-refractivity contribution in [2.75, 3.05) is 0 Å². The zero-order chi connectivity index (χ0) is 23.2. The second-order valence-corrected chi connectivity index (χ2v) is 7.98. The number of imidazole rings is 1. The maximum Gasteiger partial charge on any atom is 0.306 e. The molecule has 0 radical (unpaired) electrons. The molecule has 1 aliphatic carbocycles. The molecule has 1 aliphatic rings. The summed E-state index contributed by atoms with van der Waals surface area (Å²) >= 11 is 0. The third kappa shape index (κ3) is 5.33. The van der Waals surface area contributed by atoms with Crippen molar-refractivity contribution in [3.05, 3.63) is 70.8 Å². The van der Waals surface area contributed by atoms with E-state index in [0.29, 0.717) is 11.4 Å². The van der Waals surface area contributed by atoms with Gasteiger partial charge in [0, 0.05) is 29.6 Å². The number of nitrogens with zero attached hydrogens (tertiary/aromatic N) is 3. The number of pyridine rings is 2. The van der Waals surface area contributed by atoms with Crippen molar-refractivity contribution < 1.29 is 9.90 Å². The smallest absolute Gasteiger partial charge is 0.306 e. The van der Waals surface area contributed by atoms with E-state index in [1.165, 1.54) is 12.5 Å². The highest BCUT2D eigenvalue weighted by molar-refractivity contribution is 5.80. The molecule has 166 valence electrons. The number of nitrogens with one attached hydrogen (secondary N) is 2. The van der Waals surface area contributed by atoms with Crippen molar-refractivity contribution >= 4 is 17.0 Å². The summed E-state index contributed by atoms with van der Waals surface area (Å²) in [6.45, 7) is 0. The van der Waals surface area contributed by atoms with Gasteiger partial charge in [0.1, 0.15) is 5.82 Å². The number of aliphatic carboxylic acids is 1. The maximum atomic E-state index is 11.1. The van der Waals surface area contributed by atoms with Crippen LogP contribution in [-0.2, 0) is 4.79 Å². The van der Waals surface area contributed by atoms with Crippen molar-refractivity contribution in [1.82, 2.24) is 19.9 Å². The van der Waals surface area contributed by atoms with Gasteiger partial charge in [-0.1, -0.05) is 19.3 Å². The van der Waals surface area contributed by atoms with E-state index in [9.17, 15) is 9.59 Å². The number of aromatic nitrogens is 4. The van der Waals surface area contributed by atoms with Crippen LogP contribution in [0.25, 0.3) is 33.7 Å². The Morgan fingerprint density at radius 1 is 1.06 bits per heavy atom. The molecule has 33 heavy (non-hydrogen) atoms. The molecular formula is C25H23N5O3. The second-order valence-electron chi connectivity index (χ2n) is 7.98. The van der Waals surface area contributed by atoms with Crippen LogP contribution in [0.15, 0.2) is 59.7 Å². The molecule has 0 unspecified atom stereocenters. The van der Waals surface area contributed by atoms with Crippen LogP contribution in [0.5, 0.6) is 0 Å². The normalized spacial score (nSPS) is 13.7. The zero-order valence-corrected chi connectivity index (χ0v) is 17.9. The van der Waals surface area contributed by atoms with Gasteiger partial charge in [-0.25, -0.2) is 4.98 Å². The van der Waals surface area contributed by atoms with Gasteiger partial charge in [0.2, 0.25) is 5.56 Å². The van der Waals surface area contributed by atoms with Crippen molar-refractivity contribution in [3.63, 3.8) is 0 Å². The molecule has 4 aromatic rings. The highest BCUT2D eigenvalue weighted by Crippen LogP contribution is 2.24. The van der Waals surface area contributed by atoms with Gasteiger partial charge in [-0.15, -0.1) is 0 Å². The fourth-order valence-corrected chi connectivity index (χ4v) is 3.84. The minimum absolute atomic E-state index is 0.0289. The number of hydrogen-bond acceptors (Lipinski definition) is 5. The molecule has 0 aliphatic heterocycles. The lowest BCUT2D eigenvalue weighted by atomic mass is 9.90. The van der Waals surface area contributed by atoms with Crippen molar-refractivity contribution in [3.8, 4) is 28.7 Å². The molecule has 8 nitrogen and oxygen atoms in total. The highest BCUT2D eigenvalue weighted by Gasteiger charge is 2.19. The molecule has 5 rings (SSSR count). The minimum Gasteiger partial charge on any atom is -0.481 e. The molecule has 1 saturated carbocycles. The van der Waals surface area contributed by atoms with E-state index >= 15 is 0 Å². The first-order valence-electron chi connectivity index (χ1n) is 10.8. The van der Waals surface area contributed by atoms with Crippen molar-refractivity contribution in [1.29, 1.82) is 5.26 Å². The van der Waals surface area contributed by atoms with Gasteiger partial charge in [-0.2, -0.15) is 5.26 Å². The monoisotopic (exact) mass is 441 g/mol. The van der Waals surface area contributed by atoms with Gasteiger partial charge in [0.05, 0.1) is 34.3 Å². The lowest BCUT2D eigenvalue weighted by Gasteiger charge is -2.16. The van der Waals surface area contributed by atoms with E-state index in [2.05, 4.69) is 26.0 Å². The quantitative estimate of drug-likeness (QED) is 0.428. The number of hydrogen-bond donors (Lipinski definition) is 3. The molecule has 3 heterocycles. The van der Waals surface area contributed by atoms with Crippen LogP contribution < -0.4 is 5.56 Å². The summed E-state index contributed by atoms with van der Waals surface area (Å²) in [5.74, 6) is 0.0639. The lowest BCUT2D eigenvalue weighted by Crippen LogP contribution is -2.16. The molecule has 3 N–H and O–H groups in total. The minimum atomic E-state index is -0.602. The standard InChI is InChI=1S/C18H11N5O.C7H12O2/c19-8-11-1-4-15-16(7-11)23-18(22-15)13-2-5-14(20-10-13)12-3-6-17(24)21-9-12;8-7(9)6-4-2-1-3-5-6/h1-7,9-10H,(H,21,24)(H,22,23);6H,1-5H2,(H,8,9). The number of aromatic amines is 2. The molecule has 0 spiro atoms. The van der Waals surface area contributed by atoms with E-state index in [1.54, 1.807) is 30.6 Å². The summed E-state index contributed by atoms with van der Waals surface area (Å²) in [5, 5.41) is 17.5. The average Bonchev–Trinajstić information content (AvgIpc) is 3.29. The topological polar surface area (TPSA) is 136 Å². The van der Waals surface area contributed by atoms with Gasteiger partial charge < -0.3 is 15.1 Å². The molecule has 0 atom stereocenters. The van der Waals surface area contributed by atoms with Crippen LogP contribution >= 0.6 is 0 Å². The van der Waals surface area contributed by atoms with Crippen LogP contribution in [-0.4, -0.2) is 31.0 Å². The Hall–Kier alpha value is -4.25. The average molecular weight is 441 g/mol. The van der Waals surface area contributed by atoms with E-state index in [-0.39, 0.29) is 11.5 Å². The lowest BCUT2D eigenvalue weighted by molar-refractivity contribution is -0.142. The summed E-state index contributed by atoms with van der Waals surface area (Å²) in [6, 6.07) is 14.4. The number of H-pyrrole nitrogens is 2. The van der Waals surface area contributed by atoms with Gasteiger partial charge in [0.15, 0.2) is 0 Å². The predicted octanol–water partition coefficient (Wildman–Crippen LogP) is 4.50. The van der Waals surface area contributed by atoms with Crippen molar-refractivity contribution in [2.45, 2.75) is 32.1 Å². The summed E-state index contributed by atoms with van der Waals surface area (Å²) in [6.07, 6.45) is 8.60. The maximum absolute atomic E-state index is 11.1. The molecule has 1 fully saturated rings.